The van der Waals surface area contributed by atoms with Crippen molar-refractivity contribution in [3.05, 3.63) is 23.8 Å². The number of imidazole rings is 1. The Morgan fingerprint density at radius 3 is 2.54 bits per heavy atom. The lowest BCUT2D eigenvalue weighted by Gasteiger charge is -2.08. The van der Waals surface area contributed by atoms with Gasteiger partial charge in [-0.25, -0.2) is 23.9 Å². The van der Waals surface area contributed by atoms with Crippen molar-refractivity contribution in [2.24, 2.45) is 5.73 Å². The van der Waals surface area contributed by atoms with Gasteiger partial charge in [-0.15, -0.1) is 0 Å². The van der Waals surface area contributed by atoms with Gasteiger partial charge in [0, 0.05) is 7.05 Å². The molecule has 0 radical (unpaired) electrons. The van der Waals surface area contributed by atoms with E-state index in [0.717, 1.165) is 5.56 Å². The summed E-state index contributed by atoms with van der Waals surface area (Å²) in [5, 5.41) is 12.2. The Labute approximate surface area is 137 Å². The Hall–Kier alpha value is -3.30. The summed E-state index contributed by atoms with van der Waals surface area (Å²) in [5.74, 6) is 0.128. The third-order valence-corrected chi connectivity index (χ3v) is 2.72. The maximum absolute atomic E-state index is 12.0. The minimum atomic E-state index is -1.33. The molecule has 1 aromatic carbocycles. The number of amides is 3. The highest BCUT2D eigenvalue weighted by atomic mass is 16.5. The van der Waals surface area contributed by atoms with E-state index in [4.69, 9.17) is 14.6 Å². The second-order valence-corrected chi connectivity index (χ2v) is 4.50. The summed E-state index contributed by atoms with van der Waals surface area (Å²) in [4.78, 5) is 36.5. The Bertz CT molecular complexity index is 751. The van der Waals surface area contributed by atoms with Gasteiger partial charge < -0.3 is 20.9 Å². The summed E-state index contributed by atoms with van der Waals surface area (Å²) in [5.41, 5.74) is 6.26. The van der Waals surface area contributed by atoms with Crippen molar-refractivity contribution < 1.29 is 24.2 Å². The largest absolute Gasteiger partial charge is 0.465 e. The van der Waals surface area contributed by atoms with Crippen LogP contribution in [0, 0.1) is 6.92 Å². The van der Waals surface area contributed by atoms with Crippen LogP contribution in [-0.4, -0.2) is 46.5 Å². The average molecular weight is 337 g/mol. The molecule has 0 aliphatic carbocycles. The standard InChI is InChI=1S/C13H16N4O3.CH3NO2/c1-4-20-13(19)16-11-15-9-6-5-8(2)7-10(9)17(11)12(18)14-3;2-1(3)4/h5-7H,4H2,1-3H3,(H,14,18)(H,15,16,19);2H2,(H,3,4). The van der Waals surface area contributed by atoms with Crippen LogP contribution in [0.5, 0.6) is 0 Å². The van der Waals surface area contributed by atoms with Crippen LogP contribution in [0.25, 0.3) is 11.0 Å². The normalized spacial score (nSPS) is 9.62. The molecule has 3 amide bonds. The highest BCUT2D eigenvalue weighted by molar-refractivity contribution is 5.96. The number of nitrogens with zero attached hydrogens (tertiary/aromatic N) is 2. The summed E-state index contributed by atoms with van der Waals surface area (Å²) >= 11 is 0. The third kappa shape index (κ3) is 4.87. The van der Waals surface area contributed by atoms with E-state index in [-0.39, 0.29) is 18.6 Å². The summed E-state index contributed by atoms with van der Waals surface area (Å²) in [6.45, 7) is 3.86. The molecule has 0 aliphatic heterocycles. The lowest BCUT2D eigenvalue weighted by atomic mass is 10.2. The number of nitrogens with two attached hydrogens (primary N) is 1. The highest BCUT2D eigenvalue weighted by Gasteiger charge is 2.18. The van der Waals surface area contributed by atoms with Gasteiger partial charge in [0.2, 0.25) is 5.95 Å². The van der Waals surface area contributed by atoms with Crippen LogP contribution in [0.3, 0.4) is 0 Å². The molecule has 1 heterocycles. The number of rotatable bonds is 2. The SMILES string of the molecule is CCOC(=O)Nc1nc2ccc(C)cc2n1C(=O)NC.NC(=O)O. The number of carboxylic acid groups (broad SMARTS) is 1. The number of aromatic nitrogens is 2. The number of fused-ring (bicyclic) bond motifs is 1. The van der Waals surface area contributed by atoms with Crippen molar-refractivity contribution in [3.63, 3.8) is 0 Å². The molecule has 0 fully saturated rings. The number of hydrogen-bond donors (Lipinski definition) is 4. The van der Waals surface area contributed by atoms with Gasteiger partial charge in [0.1, 0.15) is 0 Å². The van der Waals surface area contributed by atoms with Crippen LogP contribution in [0.1, 0.15) is 12.5 Å². The fourth-order valence-electron chi connectivity index (χ4n) is 1.85. The monoisotopic (exact) mass is 337 g/mol. The molecule has 24 heavy (non-hydrogen) atoms. The average Bonchev–Trinajstić information content (AvgIpc) is 2.83. The first kappa shape index (κ1) is 18.7. The third-order valence-electron chi connectivity index (χ3n) is 2.72. The van der Waals surface area contributed by atoms with E-state index in [0.29, 0.717) is 11.0 Å². The molecule has 10 heteroatoms. The van der Waals surface area contributed by atoms with Gasteiger partial charge in [-0.05, 0) is 31.5 Å². The van der Waals surface area contributed by atoms with E-state index < -0.39 is 12.2 Å². The number of anilines is 1. The lowest BCUT2D eigenvalue weighted by molar-refractivity contribution is 0.167. The molecule has 2 rings (SSSR count). The zero-order valence-electron chi connectivity index (χ0n) is 13.5. The molecule has 130 valence electrons. The molecule has 0 atom stereocenters. The molecule has 0 unspecified atom stereocenters. The van der Waals surface area contributed by atoms with Crippen LogP contribution in [-0.2, 0) is 4.74 Å². The topological polar surface area (TPSA) is 149 Å². The number of carbonyl (C=O) groups excluding carboxylic acids is 2. The number of aryl methyl sites for hydroxylation is 1. The van der Waals surface area contributed by atoms with Crippen LogP contribution in [0.15, 0.2) is 18.2 Å². The van der Waals surface area contributed by atoms with E-state index >= 15 is 0 Å². The number of primary amides is 1. The smallest absolute Gasteiger partial charge is 0.413 e. The molecule has 0 spiro atoms. The molecule has 0 saturated carbocycles. The van der Waals surface area contributed by atoms with Crippen molar-refractivity contribution >= 4 is 35.2 Å². The second-order valence-electron chi connectivity index (χ2n) is 4.50. The van der Waals surface area contributed by atoms with Gasteiger partial charge in [-0.2, -0.15) is 0 Å². The molecule has 5 N–H and O–H groups in total. The van der Waals surface area contributed by atoms with E-state index in [1.54, 1.807) is 13.0 Å². The fraction of sp³-hybridized carbons (Fsp3) is 0.286. The van der Waals surface area contributed by atoms with Crippen molar-refractivity contribution in [1.29, 1.82) is 0 Å². The van der Waals surface area contributed by atoms with Crippen molar-refractivity contribution in [2.75, 3.05) is 19.0 Å². The minimum Gasteiger partial charge on any atom is -0.465 e. The first-order valence-electron chi connectivity index (χ1n) is 6.93. The molecule has 0 bridgehead atoms. The van der Waals surface area contributed by atoms with Crippen LogP contribution in [0.2, 0.25) is 0 Å². The van der Waals surface area contributed by atoms with E-state index in [1.165, 1.54) is 11.6 Å². The Kier molecular flexibility index (Phi) is 6.53. The first-order chi connectivity index (χ1) is 11.3. The zero-order chi connectivity index (χ0) is 18.3. The number of hydrogen-bond acceptors (Lipinski definition) is 5. The van der Waals surface area contributed by atoms with Crippen LogP contribution >= 0.6 is 0 Å². The van der Waals surface area contributed by atoms with Crippen molar-refractivity contribution in [3.8, 4) is 0 Å². The van der Waals surface area contributed by atoms with Gasteiger partial charge in [-0.3, -0.25) is 5.32 Å². The Balaban J connectivity index is 0.000000648. The number of benzene rings is 1. The van der Waals surface area contributed by atoms with Gasteiger partial charge in [0.05, 0.1) is 17.6 Å². The van der Waals surface area contributed by atoms with Gasteiger partial charge in [-0.1, -0.05) is 6.07 Å². The van der Waals surface area contributed by atoms with E-state index in [2.05, 4.69) is 21.4 Å². The van der Waals surface area contributed by atoms with Crippen LogP contribution in [0.4, 0.5) is 20.3 Å². The fourth-order valence-corrected chi connectivity index (χ4v) is 1.85. The highest BCUT2D eigenvalue weighted by Crippen LogP contribution is 2.20. The van der Waals surface area contributed by atoms with E-state index in [1.807, 2.05) is 19.1 Å². The molecule has 0 aliphatic rings. The minimum absolute atomic E-state index is 0.128. The summed E-state index contributed by atoms with van der Waals surface area (Å²) < 4.78 is 6.10. The lowest BCUT2D eigenvalue weighted by Crippen LogP contribution is -2.27. The number of ether oxygens (including phenoxy) is 1. The summed E-state index contributed by atoms with van der Waals surface area (Å²) in [7, 11) is 1.51. The zero-order valence-corrected chi connectivity index (χ0v) is 13.5. The van der Waals surface area contributed by atoms with Crippen molar-refractivity contribution in [1.82, 2.24) is 14.9 Å². The maximum Gasteiger partial charge on any atom is 0.413 e. The molecule has 10 nitrogen and oxygen atoms in total. The van der Waals surface area contributed by atoms with Gasteiger partial charge in [0.15, 0.2) is 0 Å². The second kappa shape index (κ2) is 8.36. The molecular formula is C14H19N5O5. The molecular weight excluding hydrogens is 318 g/mol. The molecule has 0 saturated heterocycles. The predicted molar refractivity (Wildman–Crippen MR) is 87.2 cm³/mol. The number of nitrogens with one attached hydrogen (secondary N) is 2. The van der Waals surface area contributed by atoms with Crippen molar-refractivity contribution in [2.45, 2.75) is 13.8 Å². The Morgan fingerprint density at radius 1 is 1.38 bits per heavy atom. The Morgan fingerprint density at radius 2 is 2.00 bits per heavy atom. The van der Waals surface area contributed by atoms with Crippen LogP contribution < -0.4 is 16.4 Å². The molecule has 2 aromatic rings. The number of carbonyl (C=O) groups is 3. The quantitative estimate of drug-likeness (QED) is 0.655. The first-order valence-corrected chi connectivity index (χ1v) is 6.93. The van der Waals surface area contributed by atoms with E-state index in [9.17, 15) is 9.59 Å². The maximum atomic E-state index is 12.0. The van der Waals surface area contributed by atoms with Gasteiger partial charge in [0.25, 0.3) is 0 Å². The summed E-state index contributed by atoms with van der Waals surface area (Å²) in [6, 6.07) is 5.12. The summed E-state index contributed by atoms with van der Waals surface area (Å²) in [6.07, 6.45) is -1.98. The predicted octanol–water partition coefficient (Wildman–Crippen LogP) is 1.72. The van der Waals surface area contributed by atoms with Gasteiger partial charge >= 0.3 is 18.2 Å². The molecule has 1 aromatic heterocycles.